The van der Waals surface area contributed by atoms with Gasteiger partial charge in [0.05, 0.1) is 5.02 Å². The quantitative estimate of drug-likeness (QED) is 0.734. The van der Waals surface area contributed by atoms with E-state index in [0.29, 0.717) is 28.9 Å². The van der Waals surface area contributed by atoms with E-state index in [9.17, 15) is 5.11 Å². The van der Waals surface area contributed by atoms with Crippen molar-refractivity contribution in [2.75, 3.05) is 26.9 Å². The van der Waals surface area contributed by atoms with Gasteiger partial charge in [-0.3, -0.25) is 0 Å². The van der Waals surface area contributed by atoms with Gasteiger partial charge in [-0.05, 0) is 31.5 Å². The Balaban J connectivity index is 2.27. The zero-order valence-corrected chi connectivity index (χ0v) is 13.2. The summed E-state index contributed by atoms with van der Waals surface area (Å²) in [5, 5.41) is 14.0. The molecule has 0 heterocycles. The van der Waals surface area contributed by atoms with Crippen molar-refractivity contribution in [3.05, 3.63) is 28.2 Å². The SMILES string of the molecule is COCCC(C)NCC(O)COc1ccc(Cl)cc1Cl. The Bertz CT molecular complexity index is 404. The van der Waals surface area contributed by atoms with Crippen molar-refractivity contribution >= 4 is 23.2 Å². The summed E-state index contributed by atoms with van der Waals surface area (Å²) in [6.07, 6.45) is 0.291. The smallest absolute Gasteiger partial charge is 0.138 e. The molecular formula is C14H21Cl2NO3. The van der Waals surface area contributed by atoms with Crippen molar-refractivity contribution in [1.82, 2.24) is 5.32 Å². The van der Waals surface area contributed by atoms with Gasteiger partial charge in [0.25, 0.3) is 0 Å². The Kier molecular flexibility index (Phi) is 8.26. The van der Waals surface area contributed by atoms with Gasteiger partial charge in [0.1, 0.15) is 18.5 Å². The summed E-state index contributed by atoms with van der Waals surface area (Å²) in [5.74, 6) is 0.516. The molecule has 2 unspecified atom stereocenters. The molecule has 1 aromatic carbocycles. The molecule has 0 saturated heterocycles. The molecule has 114 valence electrons. The summed E-state index contributed by atoms with van der Waals surface area (Å²) in [4.78, 5) is 0. The fourth-order valence-electron chi connectivity index (χ4n) is 1.57. The van der Waals surface area contributed by atoms with E-state index in [1.807, 2.05) is 6.92 Å². The van der Waals surface area contributed by atoms with Crippen LogP contribution in [0.4, 0.5) is 0 Å². The lowest BCUT2D eigenvalue weighted by Gasteiger charge is -2.17. The number of benzene rings is 1. The van der Waals surface area contributed by atoms with E-state index in [4.69, 9.17) is 32.7 Å². The minimum absolute atomic E-state index is 0.172. The monoisotopic (exact) mass is 321 g/mol. The third-order valence-electron chi connectivity index (χ3n) is 2.78. The van der Waals surface area contributed by atoms with Crippen LogP contribution in [0.2, 0.25) is 10.0 Å². The van der Waals surface area contributed by atoms with Crippen LogP contribution in [0, 0.1) is 0 Å². The molecule has 0 aromatic heterocycles. The predicted molar refractivity (Wildman–Crippen MR) is 81.9 cm³/mol. The molecule has 0 fully saturated rings. The Morgan fingerprint density at radius 2 is 2.10 bits per heavy atom. The summed E-state index contributed by atoms with van der Waals surface area (Å²) in [6, 6.07) is 5.27. The first-order valence-corrected chi connectivity index (χ1v) is 7.26. The van der Waals surface area contributed by atoms with E-state index >= 15 is 0 Å². The molecule has 0 spiro atoms. The number of hydrogen-bond acceptors (Lipinski definition) is 4. The lowest BCUT2D eigenvalue weighted by Crippen LogP contribution is -2.37. The molecular weight excluding hydrogens is 301 g/mol. The highest BCUT2D eigenvalue weighted by Crippen LogP contribution is 2.27. The molecule has 0 bridgehead atoms. The van der Waals surface area contributed by atoms with Gasteiger partial charge >= 0.3 is 0 Å². The first-order valence-electron chi connectivity index (χ1n) is 6.51. The Morgan fingerprint density at radius 1 is 1.35 bits per heavy atom. The summed E-state index contributed by atoms with van der Waals surface area (Å²) < 4.78 is 10.5. The summed E-state index contributed by atoms with van der Waals surface area (Å²) in [7, 11) is 1.67. The molecule has 20 heavy (non-hydrogen) atoms. The van der Waals surface area contributed by atoms with Crippen LogP contribution in [0.15, 0.2) is 18.2 Å². The van der Waals surface area contributed by atoms with Crippen molar-refractivity contribution in [2.24, 2.45) is 0 Å². The molecule has 0 saturated carbocycles. The third kappa shape index (κ3) is 6.77. The van der Waals surface area contributed by atoms with Crippen LogP contribution >= 0.6 is 23.2 Å². The van der Waals surface area contributed by atoms with Gasteiger partial charge in [0, 0.05) is 31.3 Å². The second kappa shape index (κ2) is 9.42. The Hall–Kier alpha value is -0.520. The minimum Gasteiger partial charge on any atom is -0.489 e. The molecule has 1 rings (SSSR count). The van der Waals surface area contributed by atoms with E-state index in [1.165, 1.54) is 0 Å². The summed E-state index contributed by atoms with van der Waals surface area (Å²) >= 11 is 11.8. The van der Waals surface area contributed by atoms with Gasteiger partial charge in [-0.1, -0.05) is 23.2 Å². The van der Waals surface area contributed by atoms with Gasteiger partial charge in [0.2, 0.25) is 0 Å². The molecule has 2 atom stereocenters. The maximum Gasteiger partial charge on any atom is 0.138 e. The number of ether oxygens (including phenoxy) is 2. The molecule has 4 nitrogen and oxygen atoms in total. The van der Waals surface area contributed by atoms with Gasteiger partial charge in [-0.2, -0.15) is 0 Å². The molecule has 2 N–H and O–H groups in total. The zero-order chi connectivity index (χ0) is 15.0. The molecule has 6 heteroatoms. The van der Waals surface area contributed by atoms with Crippen molar-refractivity contribution in [3.8, 4) is 5.75 Å². The molecule has 1 aromatic rings. The van der Waals surface area contributed by atoms with Crippen molar-refractivity contribution in [3.63, 3.8) is 0 Å². The van der Waals surface area contributed by atoms with Crippen molar-refractivity contribution in [1.29, 1.82) is 0 Å². The number of aliphatic hydroxyl groups is 1. The van der Waals surface area contributed by atoms with Gasteiger partial charge in [-0.25, -0.2) is 0 Å². The number of hydrogen-bond donors (Lipinski definition) is 2. The fourth-order valence-corrected chi connectivity index (χ4v) is 2.03. The second-order valence-corrected chi connectivity index (χ2v) is 5.47. The second-order valence-electron chi connectivity index (χ2n) is 4.63. The van der Waals surface area contributed by atoms with Crippen molar-refractivity contribution < 1.29 is 14.6 Å². The highest BCUT2D eigenvalue weighted by molar-refractivity contribution is 6.35. The van der Waals surface area contributed by atoms with E-state index in [0.717, 1.165) is 6.42 Å². The van der Waals surface area contributed by atoms with Crippen LogP contribution in [0.5, 0.6) is 5.75 Å². The normalized spacial score (nSPS) is 14.1. The first-order chi connectivity index (χ1) is 9.52. The third-order valence-corrected chi connectivity index (χ3v) is 3.31. The molecule has 0 amide bonds. The molecule has 0 aliphatic heterocycles. The summed E-state index contributed by atoms with van der Waals surface area (Å²) in [6.45, 7) is 3.37. The van der Waals surface area contributed by atoms with Crippen molar-refractivity contribution in [2.45, 2.75) is 25.5 Å². The lowest BCUT2D eigenvalue weighted by atomic mass is 10.2. The number of aliphatic hydroxyl groups excluding tert-OH is 1. The molecule has 0 radical (unpaired) electrons. The molecule has 0 aliphatic carbocycles. The van der Waals surface area contributed by atoms with E-state index in [2.05, 4.69) is 5.32 Å². The Labute approximate surface area is 130 Å². The fraction of sp³-hybridized carbons (Fsp3) is 0.571. The van der Waals surface area contributed by atoms with E-state index in [1.54, 1.807) is 25.3 Å². The lowest BCUT2D eigenvalue weighted by molar-refractivity contribution is 0.102. The zero-order valence-electron chi connectivity index (χ0n) is 11.7. The maximum absolute atomic E-state index is 9.84. The maximum atomic E-state index is 9.84. The van der Waals surface area contributed by atoms with Crippen LogP contribution in [-0.4, -0.2) is 44.1 Å². The number of rotatable bonds is 9. The topological polar surface area (TPSA) is 50.7 Å². The summed E-state index contributed by atoms with van der Waals surface area (Å²) in [5.41, 5.74) is 0. The average molecular weight is 322 g/mol. The predicted octanol–water partition coefficient (Wildman–Crippen LogP) is 2.75. The van der Waals surface area contributed by atoms with Crippen LogP contribution in [0.1, 0.15) is 13.3 Å². The van der Waals surface area contributed by atoms with Crippen LogP contribution in [0.25, 0.3) is 0 Å². The standard InChI is InChI=1S/C14H21Cl2NO3/c1-10(5-6-19-2)17-8-12(18)9-20-14-4-3-11(15)7-13(14)16/h3-4,7,10,12,17-18H,5-6,8-9H2,1-2H3. The van der Waals surface area contributed by atoms with Gasteiger partial charge < -0.3 is 19.9 Å². The van der Waals surface area contributed by atoms with E-state index < -0.39 is 6.10 Å². The van der Waals surface area contributed by atoms with Gasteiger partial charge in [0.15, 0.2) is 0 Å². The van der Waals surface area contributed by atoms with E-state index in [-0.39, 0.29) is 12.6 Å². The van der Waals surface area contributed by atoms with Crippen LogP contribution < -0.4 is 10.1 Å². The Morgan fingerprint density at radius 3 is 2.75 bits per heavy atom. The number of methoxy groups -OCH3 is 1. The highest BCUT2D eigenvalue weighted by Gasteiger charge is 2.09. The highest BCUT2D eigenvalue weighted by atomic mass is 35.5. The number of nitrogens with one attached hydrogen (secondary N) is 1. The largest absolute Gasteiger partial charge is 0.489 e. The van der Waals surface area contributed by atoms with Crippen LogP contribution in [-0.2, 0) is 4.74 Å². The first kappa shape index (κ1) is 17.5. The van der Waals surface area contributed by atoms with Gasteiger partial charge in [-0.15, -0.1) is 0 Å². The minimum atomic E-state index is -0.605. The van der Waals surface area contributed by atoms with Crippen LogP contribution in [0.3, 0.4) is 0 Å². The molecule has 0 aliphatic rings. The number of halogens is 2. The average Bonchev–Trinajstić information content (AvgIpc) is 2.41.